The van der Waals surface area contributed by atoms with E-state index in [-0.39, 0.29) is 17.7 Å². The van der Waals surface area contributed by atoms with Gasteiger partial charge in [0.1, 0.15) is 6.10 Å². The van der Waals surface area contributed by atoms with Gasteiger partial charge in [-0.15, -0.1) is 0 Å². The van der Waals surface area contributed by atoms with Gasteiger partial charge in [0.2, 0.25) is 0 Å². The molecule has 1 saturated carbocycles. The normalized spacial score (nSPS) is 32.8. The van der Waals surface area contributed by atoms with Gasteiger partial charge >= 0.3 is 5.97 Å². The number of carboxylic acid groups (broad SMARTS) is 1. The lowest BCUT2D eigenvalue weighted by atomic mass is 9.93. The van der Waals surface area contributed by atoms with Gasteiger partial charge in [0.05, 0.1) is 5.92 Å². The molecule has 0 aromatic heterocycles. The molecule has 2 unspecified atom stereocenters. The second kappa shape index (κ2) is 3.36. The maximum absolute atomic E-state index is 10.8. The maximum Gasteiger partial charge on any atom is 0.354 e. The molecule has 1 fully saturated rings. The molecule has 0 bridgehead atoms. The van der Waals surface area contributed by atoms with E-state index in [1.165, 1.54) is 6.42 Å². The van der Waals surface area contributed by atoms with Crippen molar-refractivity contribution in [3.8, 4) is 0 Å². The Morgan fingerprint density at radius 2 is 2.15 bits per heavy atom. The van der Waals surface area contributed by atoms with Crippen molar-refractivity contribution in [2.45, 2.75) is 38.2 Å². The quantitative estimate of drug-likeness (QED) is 0.668. The van der Waals surface area contributed by atoms with Crippen LogP contribution in [-0.4, -0.2) is 22.9 Å². The molecule has 4 nitrogen and oxygen atoms in total. The molecule has 0 radical (unpaired) electrons. The summed E-state index contributed by atoms with van der Waals surface area (Å²) >= 11 is 0. The van der Waals surface area contributed by atoms with Crippen LogP contribution in [0.4, 0.5) is 0 Å². The highest BCUT2D eigenvalue weighted by atomic mass is 16.6. The highest BCUT2D eigenvalue weighted by Gasteiger charge is 2.38. The number of hydrogen-bond donors (Lipinski definition) is 1. The average molecular weight is 183 g/mol. The number of carbonyl (C=O) groups is 1. The molecule has 2 aliphatic rings. The zero-order valence-electron chi connectivity index (χ0n) is 7.40. The number of rotatable bonds is 1. The summed E-state index contributed by atoms with van der Waals surface area (Å²) in [5.41, 5.74) is 0.229. The van der Waals surface area contributed by atoms with E-state index in [4.69, 9.17) is 9.94 Å². The number of hydrogen-bond acceptors (Lipinski definition) is 3. The first-order chi connectivity index (χ1) is 6.29. The van der Waals surface area contributed by atoms with Crippen molar-refractivity contribution in [1.82, 2.24) is 0 Å². The first-order valence-corrected chi connectivity index (χ1v) is 4.76. The fourth-order valence-electron chi connectivity index (χ4n) is 2.10. The number of carboxylic acids is 1. The highest BCUT2D eigenvalue weighted by Crippen LogP contribution is 2.31. The van der Waals surface area contributed by atoms with Gasteiger partial charge in [0.25, 0.3) is 0 Å². The van der Waals surface area contributed by atoms with Crippen molar-refractivity contribution in [1.29, 1.82) is 0 Å². The maximum atomic E-state index is 10.8. The fraction of sp³-hybridized carbons (Fsp3) is 0.778. The predicted molar refractivity (Wildman–Crippen MR) is 46.5 cm³/mol. The van der Waals surface area contributed by atoms with Crippen LogP contribution in [0.5, 0.6) is 0 Å². The lowest BCUT2D eigenvalue weighted by Crippen LogP contribution is -2.27. The van der Waals surface area contributed by atoms with Crippen molar-refractivity contribution in [3.63, 3.8) is 0 Å². The van der Waals surface area contributed by atoms with Crippen molar-refractivity contribution in [2.24, 2.45) is 11.1 Å². The van der Waals surface area contributed by atoms with Gasteiger partial charge in [0, 0.05) is 0 Å². The first-order valence-electron chi connectivity index (χ1n) is 4.76. The van der Waals surface area contributed by atoms with E-state index in [0.717, 1.165) is 25.7 Å². The molecule has 1 heterocycles. The van der Waals surface area contributed by atoms with E-state index in [9.17, 15) is 4.79 Å². The SMILES string of the molecule is O=C(O)C1=NOC2CCCCCC12. The van der Waals surface area contributed by atoms with Crippen LogP contribution in [0.15, 0.2) is 5.16 Å². The molecule has 2 rings (SSSR count). The Morgan fingerprint density at radius 1 is 1.38 bits per heavy atom. The van der Waals surface area contributed by atoms with Gasteiger partial charge in [-0.3, -0.25) is 0 Å². The van der Waals surface area contributed by atoms with E-state index in [2.05, 4.69) is 5.16 Å². The molecule has 0 saturated heterocycles. The van der Waals surface area contributed by atoms with Crippen LogP contribution in [0.3, 0.4) is 0 Å². The van der Waals surface area contributed by atoms with E-state index < -0.39 is 5.97 Å². The summed E-state index contributed by atoms with van der Waals surface area (Å²) in [6.07, 6.45) is 5.30. The minimum absolute atomic E-state index is 0.0357. The van der Waals surface area contributed by atoms with Gasteiger partial charge in [0.15, 0.2) is 5.71 Å². The van der Waals surface area contributed by atoms with Crippen molar-refractivity contribution in [3.05, 3.63) is 0 Å². The lowest BCUT2D eigenvalue weighted by molar-refractivity contribution is -0.129. The topological polar surface area (TPSA) is 58.9 Å². The molecular formula is C9H13NO3. The summed E-state index contributed by atoms with van der Waals surface area (Å²) in [5, 5.41) is 12.5. The first kappa shape index (κ1) is 8.53. The minimum atomic E-state index is -0.922. The van der Waals surface area contributed by atoms with Crippen LogP contribution in [0.2, 0.25) is 0 Å². The molecule has 2 atom stereocenters. The fourth-order valence-corrected chi connectivity index (χ4v) is 2.10. The van der Waals surface area contributed by atoms with Crippen LogP contribution in [0.1, 0.15) is 32.1 Å². The Bertz CT molecular complexity index is 249. The van der Waals surface area contributed by atoms with Crippen LogP contribution >= 0.6 is 0 Å². The standard InChI is InChI=1S/C9H13NO3/c11-9(12)8-6-4-2-1-3-5-7(6)13-10-8/h6-7H,1-5H2,(H,11,12). The summed E-state index contributed by atoms with van der Waals surface area (Å²) in [4.78, 5) is 15.9. The van der Waals surface area contributed by atoms with E-state index in [1.807, 2.05) is 0 Å². The van der Waals surface area contributed by atoms with Crippen molar-refractivity contribution < 1.29 is 14.7 Å². The Balaban J connectivity index is 2.12. The van der Waals surface area contributed by atoms with Crippen LogP contribution in [0.25, 0.3) is 0 Å². The number of aliphatic carboxylic acids is 1. The van der Waals surface area contributed by atoms with E-state index in [1.54, 1.807) is 0 Å². The molecule has 0 spiro atoms. The highest BCUT2D eigenvalue weighted by molar-refractivity contribution is 6.36. The minimum Gasteiger partial charge on any atom is -0.477 e. The zero-order valence-corrected chi connectivity index (χ0v) is 7.40. The molecule has 0 amide bonds. The van der Waals surface area contributed by atoms with E-state index >= 15 is 0 Å². The van der Waals surface area contributed by atoms with Crippen molar-refractivity contribution >= 4 is 11.7 Å². The van der Waals surface area contributed by atoms with Crippen LogP contribution in [-0.2, 0) is 9.63 Å². The second-order valence-corrected chi connectivity index (χ2v) is 3.67. The van der Waals surface area contributed by atoms with Gasteiger partial charge in [-0.1, -0.05) is 18.0 Å². The Morgan fingerprint density at radius 3 is 2.92 bits per heavy atom. The molecular weight excluding hydrogens is 170 g/mol. The van der Waals surface area contributed by atoms with Gasteiger partial charge < -0.3 is 9.94 Å². The van der Waals surface area contributed by atoms with Crippen molar-refractivity contribution in [2.75, 3.05) is 0 Å². The monoisotopic (exact) mass is 183 g/mol. The number of fused-ring (bicyclic) bond motifs is 1. The summed E-state index contributed by atoms with van der Waals surface area (Å²) in [7, 11) is 0. The summed E-state index contributed by atoms with van der Waals surface area (Å²) < 4.78 is 0. The van der Waals surface area contributed by atoms with Gasteiger partial charge in [-0.05, 0) is 19.3 Å². The number of nitrogens with zero attached hydrogens (tertiary/aromatic N) is 1. The molecule has 4 heteroatoms. The van der Waals surface area contributed by atoms with Crippen LogP contribution in [0, 0.1) is 5.92 Å². The van der Waals surface area contributed by atoms with Gasteiger partial charge in [-0.2, -0.15) is 0 Å². The molecule has 1 aliphatic carbocycles. The molecule has 0 aromatic rings. The Kier molecular flexibility index (Phi) is 2.20. The molecule has 13 heavy (non-hydrogen) atoms. The van der Waals surface area contributed by atoms with Gasteiger partial charge in [-0.25, -0.2) is 4.79 Å². The molecule has 72 valence electrons. The second-order valence-electron chi connectivity index (χ2n) is 3.67. The summed E-state index contributed by atoms with van der Waals surface area (Å²) in [5.74, 6) is -0.880. The third kappa shape index (κ3) is 1.53. The third-order valence-electron chi connectivity index (χ3n) is 2.81. The zero-order chi connectivity index (χ0) is 9.26. The predicted octanol–water partition coefficient (Wildman–Crippen LogP) is 1.41. The Labute approximate surface area is 76.6 Å². The molecule has 1 N–H and O–H groups in total. The number of oxime groups is 1. The summed E-state index contributed by atoms with van der Waals surface area (Å²) in [6, 6.07) is 0. The third-order valence-corrected chi connectivity index (χ3v) is 2.81. The smallest absolute Gasteiger partial charge is 0.354 e. The summed E-state index contributed by atoms with van der Waals surface area (Å²) in [6.45, 7) is 0. The molecule has 1 aliphatic heterocycles. The largest absolute Gasteiger partial charge is 0.477 e. The lowest BCUT2D eigenvalue weighted by Gasteiger charge is -2.12. The van der Waals surface area contributed by atoms with E-state index in [0.29, 0.717) is 0 Å². The van der Waals surface area contributed by atoms with Crippen LogP contribution < -0.4 is 0 Å². The average Bonchev–Trinajstić information content (AvgIpc) is 2.36. The Hall–Kier alpha value is -1.06. The molecule has 0 aromatic carbocycles.